The number of ether oxygens (including phenoxy) is 1. The molecule has 1 N–H and O–H groups in total. The van der Waals surface area contributed by atoms with Crippen LogP contribution in [0.25, 0.3) is 0 Å². The predicted molar refractivity (Wildman–Crippen MR) is 81.6 cm³/mol. The van der Waals surface area contributed by atoms with Crippen LogP contribution in [0.15, 0.2) is 29.8 Å². The first kappa shape index (κ1) is 15.4. The van der Waals surface area contributed by atoms with Crippen molar-refractivity contribution in [3.05, 3.63) is 50.5 Å². The Balaban J connectivity index is 2.09. The monoisotopic (exact) mass is 307 g/mol. The van der Waals surface area contributed by atoms with Crippen molar-refractivity contribution < 1.29 is 9.66 Å². The second kappa shape index (κ2) is 7.14. The van der Waals surface area contributed by atoms with E-state index in [1.54, 1.807) is 29.7 Å². The van der Waals surface area contributed by atoms with Crippen LogP contribution in [0.5, 0.6) is 5.75 Å². The summed E-state index contributed by atoms with van der Waals surface area (Å²) in [5, 5.41) is 17.4. The van der Waals surface area contributed by atoms with Gasteiger partial charge in [0.1, 0.15) is 5.01 Å². The molecule has 21 heavy (non-hydrogen) atoms. The molecule has 1 aromatic carbocycles. The first-order valence-electron chi connectivity index (χ1n) is 6.59. The maximum atomic E-state index is 11.0. The molecule has 2 aromatic rings. The number of aromatic nitrogens is 1. The van der Waals surface area contributed by atoms with Gasteiger partial charge in [0.2, 0.25) is 0 Å². The van der Waals surface area contributed by atoms with Gasteiger partial charge in [-0.05, 0) is 18.1 Å². The molecule has 6 nitrogen and oxygen atoms in total. The van der Waals surface area contributed by atoms with Crippen LogP contribution < -0.4 is 10.1 Å². The van der Waals surface area contributed by atoms with Crippen molar-refractivity contribution in [3.8, 4) is 5.75 Å². The van der Waals surface area contributed by atoms with Gasteiger partial charge < -0.3 is 10.1 Å². The zero-order valence-electron chi connectivity index (χ0n) is 11.9. The summed E-state index contributed by atoms with van der Waals surface area (Å²) < 4.78 is 5.00. The molecule has 1 atom stereocenters. The lowest BCUT2D eigenvalue weighted by atomic mass is 10.1. The van der Waals surface area contributed by atoms with E-state index >= 15 is 0 Å². The maximum Gasteiger partial charge on any atom is 0.311 e. The Hall–Kier alpha value is -1.99. The lowest BCUT2D eigenvalue weighted by Crippen LogP contribution is -2.20. The summed E-state index contributed by atoms with van der Waals surface area (Å²) in [6.07, 6.45) is 2.69. The predicted octanol–water partition coefficient (Wildman–Crippen LogP) is 3.30. The molecule has 0 aliphatic carbocycles. The lowest BCUT2D eigenvalue weighted by molar-refractivity contribution is -0.385. The standard InChI is InChI=1S/C14H17N3O3S/c1-3-11(14-15-6-7-21-14)16-9-10-4-5-13(20-2)12(8-10)17(18)19/h4-8,11,16H,3,9H2,1-2H3. The van der Waals surface area contributed by atoms with Crippen LogP contribution in [-0.2, 0) is 6.54 Å². The smallest absolute Gasteiger partial charge is 0.311 e. The van der Waals surface area contributed by atoms with Gasteiger partial charge in [-0.2, -0.15) is 0 Å². The number of nitro benzene ring substituents is 1. The van der Waals surface area contributed by atoms with Crippen LogP contribution in [0.1, 0.15) is 30.0 Å². The molecule has 1 aromatic heterocycles. The molecular weight excluding hydrogens is 290 g/mol. The van der Waals surface area contributed by atoms with Crippen LogP contribution in [0.2, 0.25) is 0 Å². The number of benzene rings is 1. The number of methoxy groups -OCH3 is 1. The summed E-state index contributed by atoms with van der Waals surface area (Å²) in [6, 6.07) is 5.15. The quantitative estimate of drug-likeness (QED) is 0.627. The minimum atomic E-state index is -0.430. The van der Waals surface area contributed by atoms with Gasteiger partial charge >= 0.3 is 5.69 Å². The zero-order valence-corrected chi connectivity index (χ0v) is 12.7. The molecule has 0 bridgehead atoms. The second-order valence-corrected chi connectivity index (χ2v) is 5.40. The van der Waals surface area contributed by atoms with E-state index in [-0.39, 0.29) is 17.5 Å². The maximum absolute atomic E-state index is 11.0. The fourth-order valence-electron chi connectivity index (χ4n) is 2.04. The van der Waals surface area contributed by atoms with E-state index in [4.69, 9.17) is 4.74 Å². The molecule has 2 rings (SSSR count). The molecule has 0 saturated heterocycles. The van der Waals surface area contributed by atoms with Gasteiger partial charge in [-0.3, -0.25) is 10.1 Å². The van der Waals surface area contributed by atoms with Crippen molar-refractivity contribution in [1.29, 1.82) is 0 Å². The highest BCUT2D eigenvalue weighted by molar-refractivity contribution is 7.09. The van der Waals surface area contributed by atoms with Crippen LogP contribution in [0, 0.1) is 10.1 Å². The molecule has 0 aliphatic rings. The van der Waals surface area contributed by atoms with E-state index in [0.29, 0.717) is 6.54 Å². The van der Waals surface area contributed by atoms with E-state index in [1.807, 2.05) is 11.4 Å². The summed E-state index contributed by atoms with van der Waals surface area (Å²) in [6.45, 7) is 2.62. The number of rotatable bonds is 7. The largest absolute Gasteiger partial charge is 0.490 e. The summed E-state index contributed by atoms with van der Waals surface area (Å²) in [7, 11) is 1.43. The summed E-state index contributed by atoms with van der Waals surface area (Å²) >= 11 is 1.60. The van der Waals surface area contributed by atoms with Crippen LogP contribution in [0.4, 0.5) is 5.69 Å². The van der Waals surface area contributed by atoms with Gasteiger partial charge in [-0.15, -0.1) is 11.3 Å². The minimum absolute atomic E-state index is 0.0147. The molecule has 0 saturated carbocycles. The summed E-state index contributed by atoms with van der Waals surface area (Å²) in [5.41, 5.74) is 0.830. The highest BCUT2D eigenvalue weighted by atomic mass is 32.1. The summed E-state index contributed by atoms with van der Waals surface area (Å²) in [5.74, 6) is 0.274. The number of nitro groups is 1. The molecule has 1 heterocycles. The van der Waals surface area contributed by atoms with Crippen molar-refractivity contribution in [3.63, 3.8) is 0 Å². The van der Waals surface area contributed by atoms with Crippen molar-refractivity contribution in [2.24, 2.45) is 0 Å². The van der Waals surface area contributed by atoms with Gasteiger partial charge in [0.05, 0.1) is 18.1 Å². The zero-order chi connectivity index (χ0) is 15.2. The highest BCUT2D eigenvalue weighted by Crippen LogP contribution is 2.28. The van der Waals surface area contributed by atoms with E-state index in [0.717, 1.165) is 17.0 Å². The van der Waals surface area contributed by atoms with E-state index in [9.17, 15) is 10.1 Å². The molecule has 0 fully saturated rings. The Morgan fingerprint density at radius 1 is 1.52 bits per heavy atom. The molecule has 0 spiro atoms. The van der Waals surface area contributed by atoms with Crippen molar-refractivity contribution in [1.82, 2.24) is 10.3 Å². The fraction of sp³-hybridized carbons (Fsp3) is 0.357. The molecule has 0 aliphatic heterocycles. The fourth-order valence-corrected chi connectivity index (χ4v) is 2.84. The number of thiazole rings is 1. The molecule has 0 radical (unpaired) electrons. The average Bonchev–Trinajstić information content (AvgIpc) is 3.02. The molecule has 7 heteroatoms. The number of nitrogens with zero attached hydrogens (tertiary/aromatic N) is 2. The highest BCUT2D eigenvalue weighted by Gasteiger charge is 2.16. The van der Waals surface area contributed by atoms with Gasteiger partial charge in [0.25, 0.3) is 0 Å². The second-order valence-electron chi connectivity index (χ2n) is 4.48. The Morgan fingerprint density at radius 2 is 2.33 bits per heavy atom. The van der Waals surface area contributed by atoms with Gasteiger partial charge in [-0.25, -0.2) is 4.98 Å². The Kier molecular flexibility index (Phi) is 5.24. The summed E-state index contributed by atoms with van der Waals surface area (Å²) in [4.78, 5) is 14.9. The SMILES string of the molecule is CCC(NCc1ccc(OC)c([N+](=O)[O-])c1)c1nccs1. The van der Waals surface area contributed by atoms with Crippen molar-refractivity contribution in [2.45, 2.75) is 25.9 Å². The van der Waals surface area contributed by atoms with Gasteiger partial charge in [0.15, 0.2) is 5.75 Å². The van der Waals surface area contributed by atoms with Crippen LogP contribution in [0.3, 0.4) is 0 Å². The van der Waals surface area contributed by atoms with Gasteiger partial charge in [-0.1, -0.05) is 13.0 Å². The third kappa shape index (κ3) is 3.77. The Bertz CT molecular complexity index is 602. The molecular formula is C14H17N3O3S. The number of hydrogen-bond donors (Lipinski definition) is 1. The average molecular weight is 307 g/mol. The van der Waals surface area contributed by atoms with Crippen molar-refractivity contribution >= 4 is 17.0 Å². The minimum Gasteiger partial charge on any atom is -0.490 e. The van der Waals surface area contributed by atoms with Crippen LogP contribution >= 0.6 is 11.3 Å². The third-order valence-corrected chi connectivity index (χ3v) is 4.04. The number of nitrogens with one attached hydrogen (secondary N) is 1. The normalized spacial score (nSPS) is 12.1. The Morgan fingerprint density at radius 3 is 2.90 bits per heavy atom. The molecule has 1 unspecified atom stereocenters. The van der Waals surface area contributed by atoms with Crippen LogP contribution in [-0.4, -0.2) is 17.0 Å². The first-order chi connectivity index (χ1) is 10.2. The van der Waals surface area contributed by atoms with E-state index in [2.05, 4.69) is 17.2 Å². The van der Waals surface area contributed by atoms with Gasteiger partial charge in [0, 0.05) is 24.2 Å². The number of hydrogen-bond acceptors (Lipinski definition) is 6. The van der Waals surface area contributed by atoms with Crippen molar-refractivity contribution in [2.75, 3.05) is 7.11 Å². The first-order valence-corrected chi connectivity index (χ1v) is 7.47. The Labute approximate surface area is 126 Å². The molecule has 0 amide bonds. The lowest BCUT2D eigenvalue weighted by Gasteiger charge is -2.14. The van der Waals surface area contributed by atoms with E-state index < -0.39 is 4.92 Å². The molecule has 112 valence electrons. The van der Waals surface area contributed by atoms with E-state index in [1.165, 1.54) is 7.11 Å². The topological polar surface area (TPSA) is 77.3 Å². The third-order valence-electron chi connectivity index (χ3n) is 3.15.